The third kappa shape index (κ3) is 4.87. The molecule has 2 fully saturated rings. The van der Waals surface area contributed by atoms with Crippen LogP contribution in [0.15, 0.2) is 18.3 Å². The van der Waals surface area contributed by atoms with Crippen LogP contribution in [0.3, 0.4) is 0 Å². The number of pyridine rings is 1. The third-order valence-corrected chi connectivity index (χ3v) is 6.50. The molecule has 2 heterocycles. The zero-order chi connectivity index (χ0) is 19.6. The zero-order valence-electron chi connectivity index (χ0n) is 17.0. The Morgan fingerprint density at radius 3 is 2.52 bits per heavy atom. The van der Waals surface area contributed by atoms with Gasteiger partial charge in [0.2, 0.25) is 0 Å². The number of rotatable bonds is 2. The fraction of sp³-hybridized carbons (Fsp3) is 0.714. The van der Waals surface area contributed by atoms with Gasteiger partial charge in [-0.25, -0.2) is 9.78 Å². The highest BCUT2D eigenvalue weighted by Crippen LogP contribution is 2.37. The highest BCUT2D eigenvalue weighted by molar-refractivity contribution is 6.32. The van der Waals surface area contributed by atoms with Crippen molar-refractivity contribution in [2.75, 3.05) is 24.5 Å². The number of hydrogen-bond acceptors (Lipinski definition) is 3. The smallest absolute Gasteiger partial charge is 0.317 e. The average Bonchev–Trinajstić information content (AvgIpc) is 2.61. The van der Waals surface area contributed by atoms with Crippen LogP contribution in [0, 0.1) is 11.3 Å². The first-order valence-corrected chi connectivity index (χ1v) is 10.6. The topological polar surface area (TPSA) is 48.5 Å². The summed E-state index contributed by atoms with van der Waals surface area (Å²) in [6.45, 7) is 11.3. The first-order valence-electron chi connectivity index (χ1n) is 10.2. The molecule has 1 N–H and O–H groups in total. The lowest BCUT2D eigenvalue weighted by Gasteiger charge is -2.42. The first kappa shape index (κ1) is 20.2. The standard InChI is InChI=1S/C21H33ClN4O/c1-15-14-25(19-18(22)6-5-11-23-19)12-13-26(15)20(27)24-17-9-7-16(8-10-17)21(2,3)4/h5-6,11,15-17H,7-10,12-14H2,1-4H3,(H,24,27). The fourth-order valence-corrected chi connectivity index (χ4v) is 4.66. The molecule has 1 atom stereocenters. The molecule has 1 unspecified atom stereocenters. The number of amides is 2. The number of aromatic nitrogens is 1. The number of halogens is 1. The maximum Gasteiger partial charge on any atom is 0.317 e. The van der Waals surface area contributed by atoms with Crippen molar-refractivity contribution in [3.8, 4) is 0 Å². The van der Waals surface area contributed by atoms with E-state index in [0.717, 1.165) is 37.7 Å². The van der Waals surface area contributed by atoms with Gasteiger partial charge in [-0.15, -0.1) is 0 Å². The van der Waals surface area contributed by atoms with E-state index in [4.69, 9.17) is 11.6 Å². The molecule has 1 aliphatic heterocycles. The molecule has 0 spiro atoms. The van der Waals surface area contributed by atoms with E-state index < -0.39 is 0 Å². The molecule has 1 aliphatic carbocycles. The van der Waals surface area contributed by atoms with Gasteiger partial charge in [-0.2, -0.15) is 0 Å². The van der Waals surface area contributed by atoms with Crippen molar-refractivity contribution in [1.29, 1.82) is 0 Å². The Bertz CT molecular complexity index is 652. The van der Waals surface area contributed by atoms with Gasteiger partial charge >= 0.3 is 6.03 Å². The van der Waals surface area contributed by atoms with Crippen molar-refractivity contribution in [1.82, 2.24) is 15.2 Å². The van der Waals surface area contributed by atoms with E-state index in [2.05, 4.69) is 42.9 Å². The molecule has 27 heavy (non-hydrogen) atoms. The number of urea groups is 1. The summed E-state index contributed by atoms with van der Waals surface area (Å²) < 4.78 is 0. The molecule has 0 bridgehead atoms. The molecular formula is C21H33ClN4O. The third-order valence-electron chi connectivity index (χ3n) is 6.21. The van der Waals surface area contributed by atoms with E-state index in [-0.39, 0.29) is 12.1 Å². The van der Waals surface area contributed by atoms with Crippen molar-refractivity contribution < 1.29 is 4.79 Å². The summed E-state index contributed by atoms with van der Waals surface area (Å²) >= 11 is 6.28. The molecule has 0 aromatic carbocycles. The molecule has 150 valence electrons. The summed E-state index contributed by atoms with van der Waals surface area (Å²) in [4.78, 5) is 21.4. The Labute approximate surface area is 168 Å². The molecule has 0 radical (unpaired) electrons. The Morgan fingerprint density at radius 2 is 1.93 bits per heavy atom. The van der Waals surface area contributed by atoms with Gasteiger partial charge in [0.25, 0.3) is 0 Å². The van der Waals surface area contributed by atoms with Gasteiger partial charge in [0.15, 0.2) is 0 Å². The molecule has 1 aromatic heterocycles. The van der Waals surface area contributed by atoms with Crippen LogP contribution >= 0.6 is 11.6 Å². The summed E-state index contributed by atoms with van der Waals surface area (Å²) in [5.41, 5.74) is 0.368. The van der Waals surface area contributed by atoms with Gasteiger partial charge in [0.05, 0.1) is 5.02 Å². The Hall–Kier alpha value is -1.49. The number of anilines is 1. The lowest BCUT2D eigenvalue weighted by Crippen LogP contribution is -2.58. The first-order chi connectivity index (χ1) is 12.8. The molecule has 1 aromatic rings. The number of carbonyl (C=O) groups is 1. The fourth-order valence-electron chi connectivity index (χ4n) is 4.42. The average molecular weight is 393 g/mol. The Morgan fingerprint density at radius 1 is 1.22 bits per heavy atom. The van der Waals surface area contributed by atoms with Crippen LogP contribution in [0.4, 0.5) is 10.6 Å². The van der Waals surface area contributed by atoms with E-state index in [1.807, 2.05) is 17.0 Å². The SMILES string of the molecule is CC1CN(c2ncccc2Cl)CCN1C(=O)NC1CCC(C(C)(C)C)CC1. The van der Waals surface area contributed by atoms with E-state index in [1.165, 1.54) is 12.8 Å². The molecule has 1 saturated heterocycles. The predicted octanol–water partition coefficient (Wildman–Crippen LogP) is 4.56. The van der Waals surface area contributed by atoms with E-state index in [1.54, 1.807) is 6.20 Å². The van der Waals surface area contributed by atoms with Crippen LogP contribution in [-0.2, 0) is 0 Å². The molecule has 1 saturated carbocycles. The van der Waals surface area contributed by atoms with E-state index in [0.29, 0.717) is 23.0 Å². The number of carbonyl (C=O) groups excluding carboxylic acids is 1. The van der Waals surface area contributed by atoms with Crippen LogP contribution < -0.4 is 10.2 Å². The molecule has 3 rings (SSSR count). The predicted molar refractivity (Wildman–Crippen MR) is 111 cm³/mol. The maximum atomic E-state index is 12.8. The van der Waals surface area contributed by atoms with Crippen LogP contribution in [0.1, 0.15) is 53.4 Å². The van der Waals surface area contributed by atoms with E-state index >= 15 is 0 Å². The van der Waals surface area contributed by atoms with Crippen LogP contribution in [0.5, 0.6) is 0 Å². The largest absolute Gasteiger partial charge is 0.352 e. The van der Waals surface area contributed by atoms with Crippen molar-refractivity contribution in [3.63, 3.8) is 0 Å². The number of nitrogens with one attached hydrogen (secondary N) is 1. The second-order valence-corrected chi connectivity index (χ2v) is 9.57. The molecule has 2 amide bonds. The molecule has 5 nitrogen and oxygen atoms in total. The zero-order valence-corrected chi connectivity index (χ0v) is 17.8. The number of hydrogen-bond donors (Lipinski definition) is 1. The van der Waals surface area contributed by atoms with Gasteiger partial charge in [-0.3, -0.25) is 0 Å². The number of piperazine rings is 1. The van der Waals surface area contributed by atoms with Crippen LogP contribution in [0.2, 0.25) is 5.02 Å². The van der Waals surface area contributed by atoms with Crippen LogP contribution in [0.25, 0.3) is 0 Å². The van der Waals surface area contributed by atoms with Crippen molar-refractivity contribution in [2.24, 2.45) is 11.3 Å². The molecular weight excluding hydrogens is 360 g/mol. The maximum absolute atomic E-state index is 12.8. The second kappa shape index (κ2) is 8.26. The summed E-state index contributed by atoms with van der Waals surface area (Å²) in [6.07, 6.45) is 6.35. The number of nitrogens with zero attached hydrogens (tertiary/aromatic N) is 3. The van der Waals surface area contributed by atoms with Gasteiger partial charge < -0.3 is 15.1 Å². The Kier molecular flexibility index (Phi) is 6.19. The lowest BCUT2D eigenvalue weighted by molar-refractivity contribution is 0.144. The minimum atomic E-state index is 0.0773. The summed E-state index contributed by atoms with van der Waals surface area (Å²) in [7, 11) is 0. The van der Waals surface area contributed by atoms with Gasteiger partial charge in [-0.05, 0) is 56.1 Å². The lowest BCUT2D eigenvalue weighted by atomic mass is 9.71. The monoisotopic (exact) mass is 392 g/mol. The summed E-state index contributed by atoms with van der Waals surface area (Å²) in [5, 5.41) is 3.95. The minimum absolute atomic E-state index is 0.0773. The highest BCUT2D eigenvalue weighted by atomic mass is 35.5. The van der Waals surface area contributed by atoms with Crippen molar-refractivity contribution in [2.45, 2.75) is 65.5 Å². The van der Waals surface area contributed by atoms with Gasteiger partial charge in [0, 0.05) is 37.9 Å². The normalized spacial score (nSPS) is 26.8. The summed E-state index contributed by atoms with van der Waals surface area (Å²) in [6, 6.07) is 4.22. The Balaban J connectivity index is 1.51. The van der Waals surface area contributed by atoms with Gasteiger partial charge in [0.1, 0.15) is 5.82 Å². The van der Waals surface area contributed by atoms with Crippen molar-refractivity contribution >= 4 is 23.4 Å². The van der Waals surface area contributed by atoms with Gasteiger partial charge in [-0.1, -0.05) is 32.4 Å². The highest BCUT2D eigenvalue weighted by Gasteiger charge is 2.33. The second-order valence-electron chi connectivity index (χ2n) is 9.16. The van der Waals surface area contributed by atoms with E-state index in [9.17, 15) is 4.79 Å². The minimum Gasteiger partial charge on any atom is -0.352 e. The van der Waals surface area contributed by atoms with Crippen LogP contribution in [-0.4, -0.2) is 47.6 Å². The molecule has 2 aliphatic rings. The quantitative estimate of drug-likeness (QED) is 0.802. The summed E-state index contributed by atoms with van der Waals surface area (Å²) in [5.74, 6) is 1.57. The van der Waals surface area contributed by atoms with Crippen molar-refractivity contribution in [3.05, 3.63) is 23.4 Å². The molecule has 6 heteroatoms.